The van der Waals surface area contributed by atoms with Gasteiger partial charge in [0.1, 0.15) is 0 Å². The summed E-state index contributed by atoms with van der Waals surface area (Å²) in [6, 6.07) is 0.407. The van der Waals surface area contributed by atoms with Crippen LogP contribution in [0.25, 0.3) is 0 Å². The maximum absolute atomic E-state index is 11.2. The smallest absolute Gasteiger partial charge is 0.237 e. The van der Waals surface area contributed by atoms with E-state index in [1.54, 1.807) is 0 Å². The van der Waals surface area contributed by atoms with Gasteiger partial charge in [-0.3, -0.25) is 4.79 Å². The Bertz CT molecular complexity index is 233. The molecular formula is C11H22N2O. The van der Waals surface area contributed by atoms with Crippen molar-refractivity contribution in [3.05, 3.63) is 0 Å². The highest BCUT2D eigenvalue weighted by molar-refractivity contribution is 5.83. The van der Waals surface area contributed by atoms with E-state index in [1.807, 2.05) is 13.8 Å². The summed E-state index contributed by atoms with van der Waals surface area (Å²) in [6.45, 7) is 8.19. The molecule has 1 aliphatic rings. The lowest BCUT2D eigenvalue weighted by Crippen LogP contribution is -2.56. The maximum atomic E-state index is 11.2. The van der Waals surface area contributed by atoms with Crippen molar-refractivity contribution in [1.82, 2.24) is 5.32 Å². The van der Waals surface area contributed by atoms with Crippen LogP contribution in [0.3, 0.4) is 0 Å². The van der Waals surface area contributed by atoms with Gasteiger partial charge >= 0.3 is 0 Å². The second-order valence-electron chi connectivity index (χ2n) is 5.57. The first-order valence-corrected chi connectivity index (χ1v) is 5.33. The molecule has 0 bridgehead atoms. The Morgan fingerprint density at radius 2 is 2.07 bits per heavy atom. The van der Waals surface area contributed by atoms with E-state index in [2.05, 4.69) is 19.2 Å². The lowest BCUT2D eigenvalue weighted by molar-refractivity contribution is -0.123. The minimum absolute atomic E-state index is 0.278. The summed E-state index contributed by atoms with van der Waals surface area (Å²) in [5.74, 6) is -0.278. The number of nitrogens with one attached hydrogen (secondary N) is 1. The summed E-state index contributed by atoms with van der Waals surface area (Å²) in [7, 11) is 0. The van der Waals surface area contributed by atoms with Crippen molar-refractivity contribution in [2.24, 2.45) is 11.1 Å². The van der Waals surface area contributed by atoms with Crippen LogP contribution in [0, 0.1) is 5.41 Å². The third-order valence-electron chi connectivity index (χ3n) is 3.41. The number of rotatable bonds is 3. The summed E-state index contributed by atoms with van der Waals surface area (Å²) in [5.41, 5.74) is 5.03. The molecule has 3 heteroatoms. The number of hydrogen-bond donors (Lipinski definition) is 2. The van der Waals surface area contributed by atoms with Crippen LogP contribution in [0.1, 0.15) is 47.0 Å². The highest BCUT2D eigenvalue weighted by atomic mass is 16.1. The van der Waals surface area contributed by atoms with Crippen LogP contribution in [0.15, 0.2) is 0 Å². The first-order valence-electron chi connectivity index (χ1n) is 5.33. The summed E-state index contributed by atoms with van der Waals surface area (Å²) < 4.78 is 0. The number of amides is 1. The average Bonchev–Trinajstić information content (AvgIpc) is 2.30. The van der Waals surface area contributed by atoms with Crippen molar-refractivity contribution in [1.29, 1.82) is 0 Å². The summed E-state index contributed by atoms with van der Waals surface area (Å²) in [6.07, 6.45) is 3.60. The lowest BCUT2D eigenvalue weighted by Gasteiger charge is -2.34. The van der Waals surface area contributed by atoms with E-state index < -0.39 is 5.54 Å². The topological polar surface area (TPSA) is 55.1 Å². The molecule has 1 unspecified atom stereocenters. The Morgan fingerprint density at radius 3 is 2.43 bits per heavy atom. The molecule has 3 nitrogen and oxygen atoms in total. The first kappa shape index (κ1) is 11.5. The Balaban J connectivity index is 2.65. The van der Waals surface area contributed by atoms with E-state index in [-0.39, 0.29) is 11.3 Å². The van der Waals surface area contributed by atoms with Crippen LogP contribution in [0.5, 0.6) is 0 Å². The minimum atomic E-state index is -0.591. The van der Waals surface area contributed by atoms with Crippen molar-refractivity contribution in [3.63, 3.8) is 0 Å². The van der Waals surface area contributed by atoms with E-state index >= 15 is 0 Å². The van der Waals surface area contributed by atoms with Gasteiger partial charge in [0.05, 0.1) is 5.54 Å². The largest absolute Gasteiger partial charge is 0.368 e. The zero-order chi connectivity index (χ0) is 11.0. The van der Waals surface area contributed by atoms with E-state index in [0.29, 0.717) is 6.04 Å². The zero-order valence-electron chi connectivity index (χ0n) is 9.68. The second-order valence-corrected chi connectivity index (χ2v) is 5.57. The molecule has 0 aromatic rings. The number of primary amides is 1. The third-order valence-corrected chi connectivity index (χ3v) is 3.41. The average molecular weight is 198 g/mol. The van der Waals surface area contributed by atoms with Crippen molar-refractivity contribution < 1.29 is 4.79 Å². The number of hydrogen-bond acceptors (Lipinski definition) is 2. The molecule has 0 aliphatic heterocycles. The molecular weight excluding hydrogens is 176 g/mol. The highest BCUT2D eigenvalue weighted by Gasteiger charge is 2.38. The standard InChI is InChI=1S/C11H22N2O/c1-10(2)7-5-6-8(10)13-11(3,4)9(12)14/h8,13H,5-7H2,1-4H3,(H2,12,14). The van der Waals surface area contributed by atoms with Gasteiger partial charge in [-0.25, -0.2) is 0 Å². The quantitative estimate of drug-likeness (QED) is 0.720. The minimum Gasteiger partial charge on any atom is -0.368 e. The normalized spacial score (nSPS) is 26.4. The van der Waals surface area contributed by atoms with E-state index in [1.165, 1.54) is 12.8 Å². The van der Waals surface area contributed by atoms with E-state index in [4.69, 9.17) is 5.73 Å². The molecule has 14 heavy (non-hydrogen) atoms. The van der Waals surface area contributed by atoms with Gasteiger partial charge in [0, 0.05) is 6.04 Å². The Labute approximate surface area is 86.4 Å². The number of carbonyl (C=O) groups is 1. The third kappa shape index (κ3) is 2.27. The fourth-order valence-electron chi connectivity index (χ4n) is 2.10. The fraction of sp³-hybridized carbons (Fsp3) is 0.909. The summed E-state index contributed by atoms with van der Waals surface area (Å²) >= 11 is 0. The van der Waals surface area contributed by atoms with Gasteiger partial charge in [0.2, 0.25) is 5.91 Å². The predicted octanol–water partition coefficient (Wildman–Crippen LogP) is 1.42. The fourth-order valence-corrected chi connectivity index (χ4v) is 2.10. The van der Waals surface area contributed by atoms with Crippen LogP contribution in [-0.2, 0) is 4.79 Å². The van der Waals surface area contributed by atoms with Crippen molar-refractivity contribution >= 4 is 5.91 Å². The van der Waals surface area contributed by atoms with Crippen LogP contribution < -0.4 is 11.1 Å². The molecule has 0 aromatic carbocycles. The van der Waals surface area contributed by atoms with E-state index in [9.17, 15) is 4.79 Å². The molecule has 0 spiro atoms. The Kier molecular flexibility index (Phi) is 2.91. The molecule has 1 atom stereocenters. The Hall–Kier alpha value is -0.570. The van der Waals surface area contributed by atoms with Crippen LogP contribution in [0.2, 0.25) is 0 Å². The molecule has 0 saturated heterocycles. The van der Waals surface area contributed by atoms with Gasteiger partial charge in [-0.05, 0) is 32.1 Å². The molecule has 1 saturated carbocycles. The molecule has 3 N–H and O–H groups in total. The summed E-state index contributed by atoms with van der Waals surface area (Å²) in [4.78, 5) is 11.2. The SMILES string of the molecule is CC(C)(NC1CCCC1(C)C)C(N)=O. The van der Waals surface area contributed by atoms with Crippen LogP contribution in [-0.4, -0.2) is 17.5 Å². The van der Waals surface area contributed by atoms with Gasteiger partial charge in [0.15, 0.2) is 0 Å². The van der Waals surface area contributed by atoms with Crippen molar-refractivity contribution in [3.8, 4) is 0 Å². The van der Waals surface area contributed by atoms with Gasteiger partial charge in [-0.1, -0.05) is 20.3 Å². The number of carbonyl (C=O) groups excluding carboxylic acids is 1. The molecule has 0 heterocycles. The molecule has 82 valence electrons. The molecule has 0 radical (unpaired) electrons. The second kappa shape index (κ2) is 3.54. The van der Waals surface area contributed by atoms with E-state index in [0.717, 1.165) is 6.42 Å². The molecule has 1 rings (SSSR count). The summed E-state index contributed by atoms with van der Waals surface area (Å²) in [5, 5.41) is 3.37. The van der Waals surface area contributed by atoms with Gasteiger partial charge in [0.25, 0.3) is 0 Å². The zero-order valence-corrected chi connectivity index (χ0v) is 9.68. The molecule has 1 aliphatic carbocycles. The monoisotopic (exact) mass is 198 g/mol. The maximum Gasteiger partial charge on any atom is 0.237 e. The lowest BCUT2D eigenvalue weighted by atomic mass is 9.85. The molecule has 1 fully saturated rings. The van der Waals surface area contributed by atoms with Gasteiger partial charge in [-0.2, -0.15) is 0 Å². The highest BCUT2D eigenvalue weighted by Crippen LogP contribution is 2.38. The predicted molar refractivity (Wildman–Crippen MR) is 57.8 cm³/mol. The van der Waals surface area contributed by atoms with Gasteiger partial charge in [-0.15, -0.1) is 0 Å². The molecule has 1 amide bonds. The van der Waals surface area contributed by atoms with Crippen molar-refractivity contribution in [2.75, 3.05) is 0 Å². The number of nitrogens with two attached hydrogens (primary N) is 1. The van der Waals surface area contributed by atoms with Crippen LogP contribution >= 0.6 is 0 Å². The first-order chi connectivity index (χ1) is 6.26. The van der Waals surface area contributed by atoms with Crippen molar-refractivity contribution in [2.45, 2.75) is 58.5 Å². The Morgan fingerprint density at radius 1 is 1.50 bits per heavy atom. The molecule has 0 aromatic heterocycles. The van der Waals surface area contributed by atoms with Gasteiger partial charge < -0.3 is 11.1 Å². The van der Waals surface area contributed by atoms with Crippen LogP contribution in [0.4, 0.5) is 0 Å².